The monoisotopic (exact) mass is 480 g/mol. The summed E-state index contributed by atoms with van der Waals surface area (Å²) in [6.45, 7) is 4.20. The summed E-state index contributed by atoms with van der Waals surface area (Å²) in [5.74, 6) is -0.759. The van der Waals surface area contributed by atoms with E-state index in [4.69, 9.17) is 11.6 Å². The van der Waals surface area contributed by atoms with Crippen LogP contribution in [0.25, 0.3) is 0 Å². The molecule has 34 heavy (non-hydrogen) atoms. The molecule has 0 aliphatic heterocycles. The molecule has 3 aromatic carbocycles. The normalized spacial score (nSPS) is 12.6. The Morgan fingerprint density at radius 3 is 2.15 bits per heavy atom. The molecule has 0 radical (unpaired) electrons. The van der Waals surface area contributed by atoms with E-state index in [1.165, 1.54) is 12.1 Å². The lowest BCUT2D eigenvalue weighted by Crippen LogP contribution is -2.52. The highest BCUT2D eigenvalue weighted by molar-refractivity contribution is 6.30. The fourth-order valence-electron chi connectivity index (χ4n) is 3.66. The van der Waals surface area contributed by atoms with Gasteiger partial charge in [0.25, 0.3) is 0 Å². The van der Waals surface area contributed by atoms with Crippen molar-refractivity contribution in [2.45, 2.75) is 51.7 Å². The number of amides is 2. The Morgan fingerprint density at radius 1 is 0.912 bits per heavy atom. The van der Waals surface area contributed by atoms with Crippen molar-refractivity contribution in [3.8, 4) is 0 Å². The number of nitrogens with one attached hydrogen (secondary N) is 1. The smallest absolute Gasteiger partial charge is 0.243 e. The van der Waals surface area contributed by atoms with Gasteiger partial charge in [0.2, 0.25) is 11.8 Å². The summed E-state index contributed by atoms with van der Waals surface area (Å²) in [5, 5.41) is 3.65. The van der Waals surface area contributed by atoms with Crippen LogP contribution in [0, 0.1) is 5.82 Å². The van der Waals surface area contributed by atoms with Crippen molar-refractivity contribution in [2.75, 3.05) is 0 Å². The van der Waals surface area contributed by atoms with Crippen LogP contribution in [-0.2, 0) is 29.0 Å². The van der Waals surface area contributed by atoms with Crippen LogP contribution >= 0.6 is 11.6 Å². The summed E-state index contributed by atoms with van der Waals surface area (Å²) >= 11 is 6.05. The van der Waals surface area contributed by atoms with Crippen molar-refractivity contribution in [3.05, 3.63) is 106 Å². The summed E-state index contributed by atoms with van der Waals surface area (Å²) in [4.78, 5) is 28.6. The maximum absolute atomic E-state index is 13.6. The number of carbonyl (C=O) groups excluding carboxylic acids is 2. The molecule has 0 unspecified atom stereocenters. The molecule has 6 heteroatoms. The van der Waals surface area contributed by atoms with Gasteiger partial charge in [-0.15, -0.1) is 0 Å². The van der Waals surface area contributed by atoms with E-state index in [1.54, 1.807) is 29.2 Å². The molecule has 3 aromatic rings. The summed E-state index contributed by atoms with van der Waals surface area (Å²) in [6.07, 6.45) is 1.23. The summed E-state index contributed by atoms with van der Waals surface area (Å²) < 4.78 is 13.4. The number of halogens is 2. The molecule has 2 atom stereocenters. The highest BCUT2D eigenvalue weighted by atomic mass is 35.5. The van der Waals surface area contributed by atoms with Crippen LogP contribution in [0.1, 0.15) is 37.0 Å². The minimum absolute atomic E-state index is 0.0182. The molecule has 0 fully saturated rings. The number of carbonyl (C=O) groups is 2. The Balaban J connectivity index is 1.95. The lowest BCUT2D eigenvalue weighted by molar-refractivity contribution is -0.141. The average molecular weight is 481 g/mol. The van der Waals surface area contributed by atoms with Crippen LogP contribution < -0.4 is 5.32 Å². The highest BCUT2D eigenvalue weighted by Crippen LogP contribution is 2.18. The lowest BCUT2D eigenvalue weighted by Gasteiger charge is -2.32. The molecular weight excluding hydrogens is 451 g/mol. The fraction of sp³-hybridized carbons (Fsp3) is 0.286. The van der Waals surface area contributed by atoms with Gasteiger partial charge in [-0.2, -0.15) is 0 Å². The third kappa shape index (κ3) is 7.42. The number of nitrogens with zero attached hydrogens (tertiary/aromatic N) is 1. The van der Waals surface area contributed by atoms with Crippen LogP contribution in [0.5, 0.6) is 0 Å². The van der Waals surface area contributed by atoms with Crippen LogP contribution in [0.3, 0.4) is 0 Å². The molecule has 3 rings (SSSR count). The highest BCUT2D eigenvalue weighted by Gasteiger charge is 2.31. The van der Waals surface area contributed by atoms with Crippen molar-refractivity contribution in [1.82, 2.24) is 10.2 Å². The zero-order valence-electron chi connectivity index (χ0n) is 19.5. The molecule has 0 aromatic heterocycles. The van der Waals surface area contributed by atoms with E-state index < -0.39 is 6.04 Å². The quantitative estimate of drug-likeness (QED) is 0.412. The van der Waals surface area contributed by atoms with Gasteiger partial charge < -0.3 is 10.2 Å². The topological polar surface area (TPSA) is 49.4 Å². The van der Waals surface area contributed by atoms with Gasteiger partial charge in [0.15, 0.2) is 0 Å². The molecule has 178 valence electrons. The van der Waals surface area contributed by atoms with Crippen LogP contribution in [0.4, 0.5) is 4.39 Å². The van der Waals surface area contributed by atoms with Crippen LogP contribution in [-0.4, -0.2) is 28.8 Å². The maximum atomic E-state index is 13.6. The number of hydrogen-bond acceptors (Lipinski definition) is 2. The lowest BCUT2D eigenvalue weighted by atomic mass is 10.0. The van der Waals surface area contributed by atoms with Gasteiger partial charge in [0, 0.05) is 24.0 Å². The van der Waals surface area contributed by atoms with Crippen molar-refractivity contribution >= 4 is 23.4 Å². The number of benzene rings is 3. The molecule has 0 spiro atoms. The van der Waals surface area contributed by atoms with E-state index in [2.05, 4.69) is 5.32 Å². The van der Waals surface area contributed by atoms with E-state index in [-0.39, 0.29) is 36.6 Å². The summed E-state index contributed by atoms with van der Waals surface area (Å²) in [7, 11) is 0. The predicted molar refractivity (Wildman–Crippen MR) is 134 cm³/mol. The van der Waals surface area contributed by atoms with Crippen molar-refractivity contribution < 1.29 is 14.0 Å². The molecule has 0 saturated carbocycles. The van der Waals surface area contributed by atoms with Gasteiger partial charge in [-0.1, -0.05) is 73.1 Å². The van der Waals surface area contributed by atoms with Crippen LogP contribution in [0.2, 0.25) is 5.02 Å². The van der Waals surface area contributed by atoms with Gasteiger partial charge in [0.1, 0.15) is 11.9 Å². The zero-order valence-corrected chi connectivity index (χ0v) is 20.3. The van der Waals surface area contributed by atoms with E-state index in [0.717, 1.165) is 17.5 Å². The standard InChI is InChI=1S/C28H30ClFN2O2/c1-3-20(2)31-28(34)26(17-21-7-5-4-6-8-21)32(19-23-9-13-24(29)14-10-23)27(33)18-22-11-15-25(30)16-12-22/h4-16,20,26H,3,17-19H2,1-2H3,(H,31,34)/t20-,26-/m0/s1. The molecular formula is C28H30ClFN2O2. The number of hydrogen-bond donors (Lipinski definition) is 1. The predicted octanol–water partition coefficient (Wildman–Crippen LogP) is 5.58. The fourth-order valence-corrected chi connectivity index (χ4v) is 3.79. The third-order valence-corrected chi connectivity index (χ3v) is 6.06. The molecule has 1 N–H and O–H groups in total. The molecule has 4 nitrogen and oxygen atoms in total. The van der Waals surface area contributed by atoms with Gasteiger partial charge >= 0.3 is 0 Å². The Labute approximate surface area is 205 Å². The molecule has 0 aliphatic rings. The molecule has 0 saturated heterocycles. The molecule has 0 heterocycles. The maximum Gasteiger partial charge on any atom is 0.243 e. The Morgan fingerprint density at radius 2 is 1.53 bits per heavy atom. The first-order valence-electron chi connectivity index (χ1n) is 11.5. The van der Waals surface area contributed by atoms with Gasteiger partial charge in [0.05, 0.1) is 6.42 Å². The Bertz CT molecular complexity index is 1070. The zero-order chi connectivity index (χ0) is 24.5. The second kappa shape index (κ2) is 12.3. The number of rotatable bonds is 10. The first-order chi connectivity index (χ1) is 16.4. The minimum Gasteiger partial charge on any atom is -0.352 e. The van der Waals surface area contributed by atoms with Crippen molar-refractivity contribution in [1.29, 1.82) is 0 Å². The third-order valence-electron chi connectivity index (χ3n) is 5.81. The minimum atomic E-state index is -0.708. The Kier molecular flexibility index (Phi) is 9.23. The molecule has 0 bridgehead atoms. The van der Waals surface area contributed by atoms with Crippen molar-refractivity contribution in [3.63, 3.8) is 0 Å². The van der Waals surface area contributed by atoms with Gasteiger partial charge in [-0.05, 0) is 54.3 Å². The van der Waals surface area contributed by atoms with Crippen molar-refractivity contribution in [2.24, 2.45) is 0 Å². The first kappa shape index (κ1) is 25.4. The second-order valence-electron chi connectivity index (χ2n) is 8.47. The summed E-state index contributed by atoms with van der Waals surface area (Å²) in [5.41, 5.74) is 2.52. The van der Waals surface area contributed by atoms with E-state index >= 15 is 0 Å². The second-order valence-corrected chi connectivity index (χ2v) is 8.91. The summed E-state index contributed by atoms with van der Waals surface area (Å²) in [6, 6.07) is 22.0. The molecule has 2 amide bonds. The Hall–Kier alpha value is -3.18. The SMILES string of the molecule is CC[C@H](C)NC(=O)[C@H](Cc1ccccc1)N(Cc1ccc(Cl)cc1)C(=O)Cc1ccc(F)cc1. The average Bonchev–Trinajstić information content (AvgIpc) is 2.84. The van der Waals surface area contributed by atoms with E-state index in [0.29, 0.717) is 17.0 Å². The van der Waals surface area contributed by atoms with Gasteiger partial charge in [-0.25, -0.2) is 4.39 Å². The first-order valence-corrected chi connectivity index (χ1v) is 11.9. The van der Waals surface area contributed by atoms with E-state index in [9.17, 15) is 14.0 Å². The largest absolute Gasteiger partial charge is 0.352 e. The van der Waals surface area contributed by atoms with Gasteiger partial charge in [-0.3, -0.25) is 9.59 Å². The van der Waals surface area contributed by atoms with Crippen LogP contribution in [0.15, 0.2) is 78.9 Å². The molecule has 0 aliphatic carbocycles. The van der Waals surface area contributed by atoms with E-state index in [1.807, 2.05) is 56.3 Å².